The summed E-state index contributed by atoms with van der Waals surface area (Å²) < 4.78 is 52.9. The Bertz CT molecular complexity index is 1540. The maximum atomic E-state index is 13.7. The zero-order chi connectivity index (χ0) is 30.8. The zero-order valence-electron chi connectivity index (χ0n) is 23.9. The van der Waals surface area contributed by atoms with Gasteiger partial charge in [-0.15, -0.1) is 0 Å². The molecule has 0 fully saturated rings. The van der Waals surface area contributed by atoms with Crippen LogP contribution in [-0.4, -0.2) is 79.3 Å². The highest BCUT2D eigenvalue weighted by Crippen LogP contribution is 2.31. The van der Waals surface area contributed by atoms with Crippen LogP contribution in [0.15, 0.2) is 51.9 Å². The number of amides is 3. The SMILES string of the molecule is Cc1noc(C)c1NC(=O)N(C)C[C@H]1Oc2ccc(NS(=O)(=O)c3ccc(F)cc3)cc2C(=O)N([C@@H](C)CO)C[C@H]1C. The number of sulfonamides is 1. The molecule has 0 saturated carbocycles. The molecule has 0 aliphatic carbocycles. The molecule has 42 heavy (non-hydrogen) atoms. The third-order valence-electron chi connectivity index (χ3n) is 7.11. The number of aliphatic hydroxyl groups is 1. The number of halogens is 1. The third-order valence-corrected chi connectivity index (χ3v) is 8.50. The molecule has 1 aliphatic heterocycles. The summed E-state index contributed by atoms with van der Waals surface area (Å²) in [6.07, 6.45) is -0.576. The molecule has 12 nitrogen and oxygen atoms in total. The van der Waals surface area contributed by atoms with Crippen LogP contribution < -0.4 is 14.8 Å². The van der Waals surface area contributed by atoms with E-state index in [2.05, 4.69) is 15.2 Å². The van der Waals surface area contributed by atoms with Crippen molar-refractivity contribution in [2.45, 2.75) is 44.7 Å². The summed E-state index contributed by atoms with van der Waals surface area (Å²) in [7, 11) is -2.48. The molecule has 2 aromatic carbocycles. The summed E-state index contributed by atoms with van der Waals surface area (Å²) in [4.78, 5) is 29.4. The van der Waals surface area contributed by atoms with Gasteiger partial charge in [-0.2, -0.15) is 0 Å². The number of ether oxygens (including phenoxy) is 1. The van der Waals surface area contributed by atoms with Gasteiger partial charge in [-0.05, 0) is 63.2 Å². The first-order valence-electron chi connectivity index (χ1n) is 13.3. The summed E-state index contributed by atoms with van der Waals surface area (Å²) in [5.41, 5.74) is 1.19. The van der Waals surface area contributed by atoms with Crippen LogP contribution in [0.1, 0.15) is 35.7 Å². The molecular formula is C28H34FN5O7S. The summed E-state index contributed by atoms with van der Waals surface area (Å²) in [5.74, 6) is -0.634. The van der Waals surface area contributed by atoms with Crippen LogP contribution in [0.2, 0.25) is 0 Å². The smallest absolute Gasteiger partial charge is 0.321 e. The Morgan fingerprint density at radius 2 is 1.93 bits per heavy atom. The first-order valence-corrected chi connectivity index (χ1v) is 14.7. The predicted molar refractivity (Wildman–Crippen MR) is 152 cm³/mol. The Balaban J connectivity index is 1.62. The Kier molecular flexibility index (Phi) is 9.06. The summed E-state index contributed by atoms with van der Waals surface area (Å²) in [5, 5.41) is 16.5. The van der Waals surface area contributed by atoms with Gasteiger partial charge in [-0.25, -0.2) is 17.6 Å². The highest BCUT2D eigenvalue weighted by Gasteiger charge is 2.34. The van der Waals surface area contributed by atoms with Gasteiger partial charge in [0.1, 0.15) is 29.1 Å². The maximum Gasteiger partial charge on any atom is 0.321 e. The van der Waals surface area contributed by atoms with E-state index in [1.54, 1.807) is 27.8 Å². The van der Waals surface area contributed by atoms with Gasteiger partial charge in [0.05, 0.1) is 29.7 Å². The quantitative estimate of drug-likeness (QED) is 0.353. The summed E-state index contributed by atoms with van der Waals surface area (Å²) in [6.45, 7) is 7.03. The van der Waals surface area contributed by atoms with E-state index >= 15 is 0 Å². The van der Waals surface area contributed by atoms with Crippen molar-refractivity contribution < 1.29 is 36.8 Å². The number of aromatic nitrogens is 1. The number of urea groups is 1. The fraction of sp³-hybridized carbons (Fsp3) is 0.393. The van der Waals surface area contributed by atoms with Gasteiger partial charge >= 0.3 is 6.03 Å². The van der Waals surface area contributed by atoms with Crippen LogP contribution in [0, 0.1) is 25.6 Å². The topological polar surface area (TPSA) is 154 Å². The third kappa shape index (κ3) is 6.65. The molecule has 3 atom stereocenters. The van der Waals surface area contributed by atoms with Crippen LogP contribution in [0.5, 0.6) is 5.75 Å². The van der Waals surface area contributed by atoms with E-state index in [-0.39, 0.29) is 47.5 Å². The van der Waals surface area contributed by atoms with Gasteiger partial charge in [0.25, 0.3) is 15.9 Å². The first kappa shape index (κ1) is 30.8. The molecule has 1 aromatic heterocycles. The number of hydrogen-bond acceptors (Lipinski definition) is 8. The van der Waals surface area contributed by atoms with Crippen LogP contribution in [-0.2, 0) is 10.0 Å². The lowest BCUT2D eigenvalue weighted by Gasteiger charge is -2.38. The minimum absolute atomic E-state index is 0.0781. The second-order valence-corrected chi connectivity index (χ2v) is 12.1. The van der Waals surface area contributed by atoms with Gasteiger partial charge in [0, 0.05) is 25.2 Å². The second kappa shape index (κ2) is 12.4. The normalized spacial score (nSPS) is 17.9. The molecule has 3 amide bonds. The molecule has 0 radical (unpaired) electrons. The van der Waals surface area contributed by atoms with Crippen molar-refractivity contribution >= 4 is 33.3 Å². The minimum atomic E-state index is -4.08. The monoisotopic (exact) mass is 603 g/mol. The molecule has 3 N–H and O–H groups in total. The largest absolute Gasteiger partial charge is 0.487 e. The molecule has 226 valence electrons. The molecule has 0 saturated heterocycles. The molecule has 4 rings (SSSR count). The molecule has 1 aliphatic rings. The lowest BCUT2D eigenvalue weighted by atomic mass is 9.99. The first-order chi connectivity index (χ1) is 19.8. The van der Waals surface area contributed by atoms with E-state index in [4.69, 9.17) is 9.26 Å². The van der Waals surface area contributed by atoms with E-state index in [1.807, 2.05) is 6.92 Å². The number of nitrogens with zero attached hydrogens (tertiary/aromatic N) is 3. The van der Waals surface area contributed by atoms with Crippen molar-refractivity contribution in [3.05, 3.63) is 65.3 Å². The van der Waals surface area contributed by atoms with Gasteiger partial charge in [-0.1, -0.05) is 12.1 Å². The van der Waals surface area contributed by atoms with Crippen molar-refractivity contribution in [2.24, 2.45) is 5.92 Å². The molecule has 0 bridgehead atoms. The molecule has 2 heterocycles. The number of benzene rings is 2. The Morgan fingerprint density at radius 1 is 1.24 bits per heavy atom. The standard InChI is InChI=1S/C28H34FN5O7S/c1-16-13-34(17(2)15-35)27(36)23-12-21(32-42(38,39)22-9-6-20(29)7-10-22)8-11-24(23)40-25(16)14-33(5)28(37)30-26-18(3)31-41-19(26)4/h6-12,16-17,25,32,35H,13-15H2,1-5H3,(H,30,37)/t16-,17+,25-/m1/s1. The highest BCUT2D eigenvalue weighted by atomic mass is 32.2. The van der Waals surface area contributed by atoms with Gasteiger partial charge in [0.2, 0.25) is 0 Å². The van der Waals surface area contributed by atoms with Crippen molar-refractivity contribution in [3.8, 4) is 5.75 Å². The number of likely N-dealkylation sites (N-methyl/N-ethyl adjacent to an activating group) is 1. The number of nitrogens with one attached hydrogen (secondary N) is 2. The molecule has 3 aromatic rings. The fourth-order valence-corrected chi connectivity index (χ4v) is 5.60. The highest BCUT2D eigenvalue weighted by molar-refractivity contribution is 7.92. The van der Waals surface area contributed by atoms with Gasteiger partial charge < -0.3 is 29.5 Å². The van der Waals surface area contributed by atoms with Crippen molar-refractivity contribution in [1.29, 1.82) is 0 Å². The van der Waals surface area contributed by atoms with Crippen molar-refractivity contribution in [3.63, 3.8) is 0 Å². The van der Waals surface area contributed by atoms with Crippen LogP contribution in [0.3, 0.4) is 0 Å². The lowest BCUT2D eigenvalue weighted by molar-refractivity contribution is 0.0371. The van der Waals surface area contributed by atoms with Crippen molar-refractivity contribution in [2.75, 3.05) is 36.8 Å². The number of anilines is 2. The van der Waals surface area contributed by atoms with E-state index in [0.717, 1.165) is 24.3 Å². The summed E-state index contributed by atoms with van der Waals surface area (Å²) in [6, 6.07) is 7.66. The average Bonchev–Trinajstić information content (AvgIpc) is 3.26. The zero-order valence-corrected chi connectivity index (χ0v) is 24.7. The van der Waals surface area contributed by atoms with Crippen LogP contribution >= 0.6 is 0 Å². The van der Waals surface area contributed by atoms with E-state index in [1.165, 1.54) is 28.0 Å². The Hall–Kier alpha value is -4.17. The predicted octanol–water partition coefficient (Wildman–Crippen LogP) is 3.62. The average molecular weight is 604 g/mol. The number of carbonyl (C=O) groups is 2. The number of hydrogen-bond donors (Lipinski definition) is 3. The number of carbonyl (C=O) groups excluding carboxylic acids is 2. The second-order valence-electron chi connectivity index (χ2n) is 10.4. The minimum Gasteiger partial charge on any atom is -0.487 e. The van der Waals surface area contributed by atoms with Crippen LogP contribution in [0.4, 0.5) is 20.6 Å². The fourth-order valence-electron chi connectivity index (χ4n) is 4.55. The maximum absolute atomic E-state index is 13.7. The molecule has 14 heteroatoms. The van der Waals surface area contributed by atoms with E-state index < -0.39 is 39.9 Å². The molecule has 0 spiro atoms. The van der Waals surface area contributed by atoms with Crippen molar-refractivity contribution in [1.82, 2.24) is 15.0 Å². The molecule has 0 unspecified atom stereocenters. The summed E-state index contributed by atoms with van der Waals surface area (Å²) >= 11 is 0. The lowest BCUT2D eigenvalue weighted by Crippen LogP contribution is -2.50. The van der Waals surface area contributed by atoms with E-state index in [0.29, 0.717) is 17.1 Å². The number of aliphatic hydroxyl groups excluding tert-OH is 1. The number of aryl methyl sites for hydroxylation is 2. The number of rotatable bonds is 8. The van der Waals surface area contributed by atoms with Gasteiger partial charge in [0.15, 0.2) is 5.76 Å². The van der Waals surface area contributed by atoms with E-state index in [9.17, 15) is 27.5 Å². The van der Waals surface area contributed by atoms with Crippen LogP contribution in [0.25, 0.3) is 0 Å². The molecular weight excluding hydrogens is 569 g/mol. The Morgan fingerprint density at radius 3 is 2.55 bits per heavy atom. The Labute approximate surface area is 243 Å². The van der Waals surface area contributed by atoms with Gasteiger partial charge in [-0.3, -0.25) is 9.52 Å². The number of fused-ring (bicyclic) bond motifs is 1.